The standard InChI is InChI=1S/C16H21ClN4O4/c1-11(22)21-6-4-20(5-7-21)10-12(16(24)25)8-15(23)19-13-2-3-14(17)18-9-13/h2-3,9,12H,4-8,10H2,1H3,(H,19,23)(H,24,25). The van der Waals surface area contributed by atoms with E-state index in [1.165, 1.54) is 13.1 Å². The lowest BCUT2D eigenvalue weighted by Gasteiger charge is -2.35. The fourth-order valence-corrected chi connectivity index (χ4v) is 2.78. The summed E-state index contributed by atoms with van der Waals surface area (Å²) >= 11 is 5.68. The van der Waals surface area contributed by atoms with Crippen LogP contribution in [0.5, 0.6) is 0 Å². The van der Waals surface area contributed by atoms with Crippen LogP contribution in [0.3, 0.4) is 0 Å². The van der Waals surface area contributed by atoms with E-state index in [4.69, 9.17) is 11.6 Å². The van der Waals surface area contributed by atoms with Crippen LogP contribution in [0.4, 0.5) is 5.69 Å². The number of nitrogens with one attached hydrogen (secondary N) is 1. The summed E-state index contributed by atoms with van der Waals surface area (Å²) in [5.74, 6) is -2.20. The number of carbonyl (C=O) groups is 3. The van der Waals surface area contributed by atoms with E-state index in [1.54, 1.807) is 17.0 Å². The van der Waals surface area contributed by atoms with E-state index < -0.39 is 11.9 Å². The average Bonchev–Trinajstić information content (AvgIpc) is 2.56. The molecule has 1 fully saturated rings. The number of carbonyl (C=O) groups excluding carboxylic acids is 2. The van der Waals surface area contributed by atoms with Gasteiger partial charge in [0.2, 0.25) is 11.8 Å². The molecule has 136 valence electrons. The van der Waals surface area contributed by atoms with Crippen molar-refractivity contribution in [2.45, 2.75) is 13.3 Å². The highest BCUT2D eigenvalue weighted by atomic mass is 35.5. The smallest absolute Gasteiger partial charge is 0.308 e. The minimum Gasteiger partial charge on any atom is -0.481 e. The van der Waals surface area contributed by atoms with Crippen molar-refractivity contribution in [1.29, 1.82) is 0 Å². The van der Waals surface area contributed by atoms with E-state index in [1.807, 2.05) is 4.90 Å². The van der Waals surface area contributed by atoms with E-state index in [2.05, 4.69) is 10.3 Å². The fourth-order valence-electron chi connectivity index (χ4n) is 2.67. The Morgan fingerprint density at radius 3 is 2.48 bits per heavy atom. The van der Waals surface area contributed by atoms with E-state index in [9.17, 15) is 19.5 Å². The zero-order valence-corrected chi connectivity index (χ0v) is 14.7. The second-order valence-electron chi connectivity index (χ2n) is 5.96. The summed E-state index contributed by atoms with van der Waals surface area (Å²) in [6.45, 7) is 4.14. The molecule has 1 aromatic heterocycles. The lowest BCUT2D eigenvalue weighted by molar-refractivity contribution is -0.144. The summed E-state index contributed by atoms with van der Waals surface area (Å²) in [6, 6.07) is 3.14. The number of aliphatic carboxylic acids is 1. The van der Waals surface area contributed by atoms with Gasteiger partial charge in [-0.3, -0.25) is 19.3 Å². The van der Waals surface area contributed by atoms with Gasteiger partial charge in [0, 0.05) is 46.1 Å². The Bertz CT molecular complexity index is 630. The molecule has 9 heteroatoms. The zero-order valence-electron chi connectivity index (χ0n) is 13.9. The summed E-state index contributed by atoms with van der Waals surface area (Å²) in [5.41, 5.74) is 0.466. The molecule has 1 aromatic rings. The molecule has 1 aliphatic heterocycles. The lowest BCUT2D eigenvalue weighted by Crippen LogP contribution is -2.50. The van der Waals surface area contributed by atoms with Crippen molar-refractivity contribution in [3.05, 3.63) is 23.5 Å². The van der Waals surface area contributed by atoms with Crippen molar-refractivity contribution in [2.75, 3.05) is 38.0 Å². The first-order chi connectivity index (χ1) is 11.8. The van der Waals surface area contributed by atoms with Crippen LogP contribution in [-0.2, 0) is 14.4 Å². The molecular formula is C16H21ClN4O4. The van der Waals surface area contributed by atoms with Gasteiger partial charge in [-0.05, 0) is 12.1 Å². The summed E-state index contributed by atoms with van der Waals surface area (Å²) in [7, 11) is 0. The summed E-state index contributed by atoms with van der Waals surface area (Å²) in [4.78, 5) is 42.4. The van der Waals surface area contributed by atoms with Crippen molar-refractivity contribution in [1.82, 2.24) is 14.8 Å². The molecule has 0 radical (unpaired) electrons. The first-order valence-electron chi connectivity index (χ1n) is 7.97. The largest absolute Gasteiger partial charge is 0.481 e. The first-order valence-corrected chi connectivity index (χ1v) is 8.35. The normalized spacial score (nSPS) is 16.3. The van der Waals surface area contributed by atoms with Gasteiger partial charge in [-0.25, -0.2) is 4.98 Å². The molecular weight excluding hydrogens is 348 g/mol. The minimum atomic E-state index is -1.02. The third-order valence-electron chi connectivity index (χ3n) is 4.09. The minimum absolute atomic E-state index is 0.0189. The van der Waals surface area contributed by atoms with E-state index in [-0.39, 0.29) is 24.8 Å². The van der Waals surface area contributed by atoms with Crippen LogP contribution in [-0.4, -0.2) is 70.4 Å². The number of carboxylic acid groups (broad SMARTS) is 1. The number of hydrogen-bond donors (Lipinski definition) is 2. The number of pyridine rings is 1. The molecule has 1 aliphatic rings. The number of carboxylic acids is 1. The topological polar surface area (TPSA) is 103 Å². The molecule has 0 aliphatic carbocycles. The molecule has 8 nitrogen and oxygen atoms in total. The van der Waals surface area contributed by atoms with E-state index in [0.29, 0.717) is 37.0 Å². The predicted octanol–water partition coefficient (Wildman–Crippen LogP) is 0.928. The SMILES string of the molecule is CC(=O)N1CCN(CC(CC(=O)Nc2ccc(Cl)nc2)C(=O)O)CC1. The van der Waals surface area contributed by atoms with Gasteiger partial charge in [-0.1, -0.05) is 11.6 Å². The van der Waals surface area contributed by atoms with Crippen molar-refractivity contribution >= 4 is 35.1 Å². The highest BCUT2D eigenvalue weighted by Gasteiger charge is 2.27. The Kier molecular flexibility index (Phi) is 6.72. The molecule has 2 amide bonds. The quantitative estimate of drug-likeness (QED) is 0.724. The number of amides is 2. The van der Waals surface area contributed by atoms with Crippen LogP contribution in [0.2, 0.25) is 5.15 Å². The summed E-state index contributed by atoms with van der Waals surface area (Å²) in [6.07, 6.45) is 1.28. The second-order valence-corrected chi connectivity index (χ2v) is 6.35. The Morgan fingerprint density at radius 2 is 1.96 bits per heavy atom. The van der Waals surface area contributed by atoms with Gasteiger partial charge >= 0.3 is 5.97 Å². The number of aromatic nitrogens is 1. The molecule has 1 saturated heterocycles. The number of piperazine rings is 1. The fraction of sp³-hybridized carbons (Fsp3) is 0.500. The number of anilines is 1. The maximum Gasteiger partial charge on any atom is 0.308 e. The van der Waals surface area contributed by atoms with Gasteiger partial charge in [-0.15, -0.1) is 0 Å². The van der Waals surface area contributed by atoms with Crippen molar-refractivity contribution in [2.24, 2.45) is 5.92 Å². The molecule has 2 rings (SSSR count). The molecule has 0 saturated carbocycles. The molecule has 2 N–H and O–H groups in total. The van der Waals surface area contributed by atoms with Gasteiger partial charge in [0.25, 0.3) is 0 Å². The predicted molar refractivity (Wildman–Crippen MR) is 92.3 cm³/mol. The van der Waals surface area contributed by atoms with Crippen molar-refractivity contribution in [3.63, 3.8) is 0 Å². The molecule has 1 atom stereocenters. The van der Waals surface area contributed by atoms with Crippen LogP contribution in [0.1, 0.15) is 13.3 Å². The average molecular weight is 369 g/mol. The molecule has 1 unspecified atom stereocenters. The number of nitrogens with zero attached hydrogens (tertiary/aromatic N) is 3. The Balaban J connectivity index is 1.86. The molecule has 0 aromatic carbocycles. The number of rotatable bonds is 6. The van der Waals surface area contributed by atoms with Crippen molar-refractivity contribution in [3.8, 4) is 0 Å². The van der Waals surface area contributed by atoms with Gasteiger partial charge in [-0.2, -0.15) is 0 Å². The zero-order chi connectivity index (χ0) is 18.4. The third-order valence-corrected chi connectivity index (χ3v) is 4.31. The van der Waals surface area contributed by atoms with Gasteiger partial charge in [0.15, 0.2) is 0 Å². The Morgan fingerprint density at radius 1 is 1.28 bits per heavy atom. The van der Waals surface area contributed by atoms with Gasteiger partial charge in [0.05, 0.1) is 17.8 Å². The summed E-state index contributed by atoms with van der Waals surface area (Å²) in [5, 5.41) is 12.3. The molecule has 0 spiro atoms. The maximum atomic E-state index is 12.1. The first kappa shape index (κ1) is 19.1. The van der Waals surface area contributed by atoms with Crippen LogP contribution in [0, 0.1) is 5.92 Å². The maximum absolute atomic E-state index is 12.1. The lowest BCUT2D eigenvalue weighted by atomic mass is 10.0. The highest BCUT2D eigenvalue weighted by molar-refractivity contribution is 6.29. The second kappa shape index (κ2) is 8.77. The third kappa shape index (κ3) is 5.99. The van der Waals surface area contributed by atoms with Gasteiger partial charge in [0.1, 0.15) is 5.15 Å². The van der Waals surface area contributed by atoms with Crippen molar-refractivity contribution < 1.29 is 19.5 Å². The van der Waals surface area contributed by atoms with E-state index in [0.717, 1.165) is 0 Å². The number of halogens is 1. The molecule has 0 bridgehead atoms. The van der Waals surface area contributed by atoms with Gasteiger partial charge < -0.3 is 15.3 Å². The highest BCUT2D eigenvalue weighted by Crippen LogP contribution is 2.14. The summed E-state index contributed by atoms with van der Waals surface area (Å²) < 4.78 is 0. The van der Waals surface area contributed by atoms with Crippen LogP contribution in [0.25, 0.3) is 0 Å². The van der Waals surface area contributed by atoms with Crippen LogP contribution < -0.4 is 5.32 Å². The monoisotopic (exact) mass is 368 g/mol. The van der Waals surface area contributed by atoms with Crippen LogP contribution in [0.15, 0.2) is 18.3 Å². The molecule has 25 heavy (non-hydrogen) atoms. The number of hydrogen-bond acceptors (Lipinski definition) is 5. The Hall–Kier alpha value is -2.19. The Labute approximate surface area is 150 Å². The van der Waals surface area contributed by atoms with Crippen LogP contribution >= 0.6 is 11.6 Å². The van der Waals surface area contributed by atoms with E-state index >= 15 is 0 Å². The molecule has 2 heterocycles.